The lowest BCUT2D eigenvalue weighted by atomic mass is 10.1. The van der Waals surface area contributed by atoms with Gasteiger partial charge in [-0.1, -0.05) is 29.3 Å². The lowest BCUT2D eigenvalue weighted by Gasteiger charge is -2.22. The summed E-state index contributed by atoms with van der Waals surface area (Å²) in [7, 11) is 1.69. The third-order valence-electron chi connectivity index (χ3n) is 4.42. The lowest BCUT2D eigenvalue weighted by Crippen LogP contribution is -2.28. The topological polar surface area (TPSA) is 88.5 Å². The molecule has 11 heteroatoms. The van der Waals surface area contributed by atoms with E-state index in [4.69, 9.17) is 27.9 Å². The second-order valence-corrected chi connectivity index (χ2v) is 8.75. The van der Waals surface area contributed by atoms with E-state index in [-0.39, 0.29) is 24.2 Å². The maximum absolute atomic E-state index is 12.4. The number of rotatable bonds is 7. The van der Waals surface area contributed by atoms with Gasteiger partial charge in [0.1, 0.15) is 13.2 Å². The van der Waals surface area contributed by atoms with Crippen LogP contribution >= 0.6 is 34.5 Å². The highest BCUT2D eigenvalue weighted by Gasteiger charge is 2.23. The summed E-state index contributed by atoms with van der Waals surface area (Å²) in [5.74, 6) is -0.188. The second kappa shape index (κ2) is 10.2. The Bertz CT molecular complexity index is 1110. The normalized spacial score (nSPS) is 10.7. The minimum Gasteiger partial charge on any atom is -0.458 e. The van der Waals surface area contributed by atoms with Crippen molar-refractivity contribution in [1.29, 1.82) is 0 Å². The first-order chi connectivity index (χ1) is 15.2. The van der Waals surface area contributed by atoms with Gasteiger partial charge in [-0.3, -0.25) is 14.5 Å². The number of carbonyl (C=O) groups excluding carboxylic acids is 2. The molecule has 0 radical (unpaired) electrons. The number of likely N-dealkylation sites (N-methyl/N-ethyl adjacent to an activating group) is 1. The molecule has 0 aliphatic carbocycles. The molecule has 1 aromatic carbocycles. The Labute approximate surface area is 199 Å². The van der Waals surface area contributed by atoms with Crippen molar-refractivity contribution >= 4 is 63.1 Å². The number of hydrogen-bond donors (Lipinski definition) is 0. The molecule has 32 heavy (non-hydrogen) atoms. The highest BCUT2D eigenvalue weighted by atomic mass is 35.5. The zero-order valence-corrected chi connectivity index (χ0v) is 20.3. The van der Waals surface area contributed by atoms with E-state index in [1.54, 1.807) is 35.5 Å². The monoisotopic (exact) mass is 493 g/mol. The molecule has 0 N–H and O–H groups in total. The molecule has 0 bridgehead atoms. The Balaban J connectivity index is 1.67. The van der Waals surface area contributed by atoms with Crippen molar-refractivity contribution in [3.05, 3.63) is 56.6 Å². The van der Waals surface area contributed by atoms with Crippen LogP contribution in [0, 0.1) is 13.8 Å². The van der Waals surface area contributed by atoms with Gasteiger partial charge in [-0.2, -0.15) is 0 Å². The minimum atomic E-state index is -0.459. The highest BCUT2D eigenvalue weighted by molar-refractivity contribution is 7.14. The van der Waals surface area contributed by atoms with Crippen molar-refractivity contribution in [2.45, 2.75) is 27.4 Å². The number of carbonyl (C=O) groups is 2. The summed E-state index contributed by atoms with van der Waals surface area (Å²) >= 11 is 13.4. The van der Waals surface area contributed by atoms with Crippen molar-refractivity contribution in [3.8, 4) is 0 Å². The Kier molecular flexibility index (Phi) is 7.65. The molecule has 0 saturated heterocycles. The summed E-state index contributed by atoms with van der Waals surface area (Å²) in [5.41, 5.74) is 2.98. The van der Waals surface area contributed by atoms with Crippen LogP contribution in [-0.2, 0) is 20.9 Å². The fourth-order valence-electron chi connectivity index (χ4n) is 3.03. The molecule has 0 aliphatic rings. The summed E-state index contributed by atoms with van der Waals surface area (Å²) < 4.78 is 5.33. The predicted octanol–water partition coefficient (Wildman–Crippen LogP) is 4.72. The summed E-state index contributed by atoms with van der Waals surface area (Å²) in [4.78, 5) is 32.2. The van der Waals surface area contributed by atoms with Gasteiger partial charge in [0.15, 0.2) is 16.1 Å². The Hall–Kier alpha value is -2.75. The van der Waals surface area contributed by atoms with Gasteiger partial charge in [0, 0.05) is 19.4 Å². The molecule has 0 fully saturated rings. The highest BCUT2D eigenvalue weighted by Crippen LogP contribution is 2.37. The maximum atomic E-state index is 12.4. The quantitative estimate of drug-likeness (QED) is 0.439. The van der Waals surface area contributed by atoms with Crippen LogP contribution in [0.3, 0.4) is 0 Å². The first-order valence-corrected chi connectivity index (χ1v) is 11.2. The maximum Gasteiger partial charge on any atom is 0.325 e. The molecule has 168 valence electrons. The molecule has 2 heterocycles. The fraction of sp³-hybridized carbons (Fsp3) is 0.286. The molecule has 0 unspecified atom stereocenters. The van der Waals surface area contributed by atoms with E-state index < -0.39 is 5.97 Å². The van der Waals surface area contributed by atoms with E-state index in [0.717, 1.165) is 11.1 Å². The third-order valence-corrected chi connectivity index (χ3v) is 5.79. The average molecular weight is 494 g/mol. The van der Waals surface area contributed by atoms with Crippen LogP contribution in [0.4, 0.5) is 16.6 Å². The minimum absolute atomic E-state index is 0.0228. The molecule has 3 aromatic rings. The Morgan fingerprint density at radius 2 is 1.91 bits per heavy atom. The van der Waals surface area contributed by atoms with Gasteiger partial charge in [-0.25, -0.2) is 4.98 Å². The van der Waals surface area contributed by atoms with Gasteiger partial charge in [-0.15, -0.1) is 21.5 Å². The number of ether oxygens (including phenoxy) is 1. The third kappa shape index (κ3) is 5.73. The van der Waals surface area contributed by atoms with Gasteiger partial charge >= 0.3 is 5.97 Å². The standard InChI is InChI=1S/C21H21Cl2N5O3S/c1-12-7-13(2)20(16(22)8-12)28(14(3)29)21-24-15(11-32-21)10-31-19(30)9-27(4)18-6-5-17(23)25-26-18/h5-8,11H,9-10H2,1-4H3. The largest absolute Gasteiger partial charge is 0.458 e. The zero-order chi connectivity index (χ0) is 23.4. The number of anilines is 3. The van der Waals surface area contributed by atoms with Gasteiger partial charge in [-0.05, 0) is 43.2 Å². The number of esters is 1. The van der Waals surface area contributed by atoms with Crippen LogP contribution in [0.15, 0.2) is 29.6 Å². The SMILES string of the molecule is CC(=O)N(c1nc(COC(=O)CN(C)c2ccc(Cl)nn2)cs1)c1c(C)cc(C)cc1Cl. The van der Waals surface area contributed by atoms with Crippen LogP contribution in [0.2, 0.25) is 10.2 Å². The van der Waals surface area contributed by atoms with E-state index >= 15 is 0 Å². The molecule has 0 aliphatic heterocycles. The summed E-state index contributed by atoms with van der Waals surface area (Å²) in [6.07, 6.45) is 0. The zero-order valence-electron chi connectivity index (χ0n) is 17.9. The number of amides is 1. The van der Waals surface area contributed by atoms with Crippen LogP contribution in [0.1, 0.15) is 23.7 Å². The van der Waals surface area contributed by atoms with Gasteiger partial charge < -0.3 is 9.64 Å². The molecule has 8 nitrogen and oxygen atoms in total. The van der Waals surface area contributed by atoms with E-state index in [9.17, 15) is 9.59 Å². The fourth-order valence-corrected chi connectivity index (χ4v) is 4.40. The van der Waals surface area contributed by atoms with Crippen molar-refractivity contribution in [1.82, 2.24) is 15.2 Å². The van der Waals surface area contributed by atoms with Gasteiger partial charge in [0.25, 0.3) is 0 Å². The number of thiazole rings is 1. The number of hydrogen-bond acceptors (Lipinski definition) is 8. The first-order valence-electron chi connectivity index (χ1n) is 9.53. The summed E-state index contributed by atoms with van der Waals surface area (Å²) in [5, 5.41) is 10.6. The number of halogens is 2. The molecule has 0 saturated carbocycles. The molecule has 1 amide bonds. The van der Waals surface area contributed by atoms with E-state index in [1.165, 1.54) is 23.2 Å². The smallest absolute Gasteiger partial charge is 0.325 e. The molecule has 2 aromatic heterocycles. The molecule has 0 spiro atoms. The van der Waals surface area contributed by atoms with Crippen molar-refractivity contribution in [2.75, 3.05) is 23.4 Å². The van der Waals surface area contributed by atoms with Crippen molar-refractivity contribution < 1.29 is 14.3 Å². The molecular formula is C21H21Cl2N5O3S. The van der Waals surface area contributed by atoms with Gasteiger partial charge in [0.2, 0.25) is 5.91 Å². The average Bonchev–Trinajstić information content (AvgIpc) is 3.17. The van der Waals surface area contributed by atoms with Crippen molar-refractivity contribution in [2.24, 2.45) is 0 Å². The molecular weight excluding hydrogens is 473 g/mol. The number of benzene rings is 1. The Morgan fingerprint density at radius 1 is 1.16 bits per heavy atom. The predicted molar refractivity (Wildman–Crippen MR) is 126 cm³/mol. The van der Waals surface area contributed by atoms with E-state index in [1.807, 2.05) is 19.9 Å². The second-order valence-electron chi connectivity index (χ2n) is 7.12. The number of nitrogens with zero attached hydrogens (tertiary/aromatic N) is 5. The summed E-state index contributed by atoms with van der Waals surface area (Å²) in [6, 6.07) is 7.00. The van der Waals surface area contributed by atoms with Gasteiger partial charge in [0.05, 0.1) is 16.4 Å². The number of aromatic nitrogens is 3. The lowest BCUT2D eigenvalue weighted by molar-refractivity contribution is -0.143. The van der Waals surface area contributed by atoms with Crippen LogP contribution in [-0.4, -0.2) is 40.7 Å². The Morgan fingerprint density at radius 3 is 2.53 bits per heavy atom. The van der Waals surface area contributed by atoms with Crippen molar-refractivity contribution in [3.63, 3.8) is 0 Å². The molecule has 3 rings (SSSR count). The van der Waals surface area contributed by atoms with Crippen LogP contribution in [0.5, 0.6) is 0 Å². The summed E-state index contributed by atoms with van der Waals surface area (Å²) in [6.45, 7) is 5.23. The van der Waals surface area contributed by atoms with E-state index in [2.05, 4.69) is 15.2 Å². The van der Waals surface area contributed by atoms with Crippen LogP contribution in [0.25, 0.3) is 0 Å². The van der Waals surface area contributed by atoms with E-state index in [0.29, 0.717) is 27.4 Å². The first kappa shape index (κ1) is 23.9. The number of aryl methyl sites for hydroxylation is 2. The molecule has 0 atom stereocenters. The van der Waals surface area contributed by atoms with Crippen LogP contribution < -0.4 is 9.80 Å².